The third-order valence-electron chi connectivity index (χ3n) is 11.4. The number of benzene rings is 3. The molecule has 282 valence electrons. The Morgan fingerprint density at radius 1 is 1.04 bits per heavy atom. The molecule has 0 saturated carbocycles. The van der Waals surface area contributed by atoms with Gasteiger partial charge in [-0.3, -0.25) is 9.80 Å². The molecule has 8 rings (SSSR count). The second-order valence-corrected chi connectivity index (χ2v) is 16.3. The summed E-state index contributed by atoms with van der Waals surface area (Å²) in [5, 5.41) is 12.4. The quantitative estimate of drug-likeness (QED) is 0.177. The number of ether oxygens (including phenoxy) is 4. The van der Waals surface area contributed by atoms with Crippen LogP contribution in [0.5, 0.6) is 11.8 Å². The molecule has 4 saturated heterocycles. The summed E-state index contributed by atoms with van der Waals surface area (Å²) < 4.78 is 40.6. The van der Waals surface area contributed by atoms with E-state index in [0.717, 1.165) is 55.8 Å². The van der Waals surface area contributed by atoms with Gasteiger partial charge in [0.1, 0.15) is 29.3 Å². The van der Waals surface area contributed by atoms with Gasteiger partial charge in [-0.25, -0.2) is 9.18 Å². The van der Waals surface area contributed by atoms with Crippen LogP contribution in [-0.2, 0) is 9.47 Å². The van der Waals surface area contributed by atoms with Crippen molar-refractivity contribution in [3.63, 3.8) is 0 Å². The first-order valence-corrected chi connectivity index (χ1v) is 19.0. The van der Waals surface area contributed by atoms with Gasteiger partial charge in [-0.1, -0.05) is 35.9 Å². The number of nitrogens with zero attached hydrogens (tertiary/aromatic N) is 5. The Kier molecular flexibility index (Phi) is 9.53. The minimum atomic E-state index is -0.611. The van der Waals surface area contributed by atoms with Crippen molar-refractivity contribution >= 4 is 45.2 Å². The zero-order valence-electron chi connectivity index (χ0n) is 30.7. The molecule has 1 aromatic heterocycles. The highest BCUT2D eigenvalue weighted by atomic mass is 35.5. The van der Waals surface area contributed by atoms with Gasteiger partial charge in [0.05, 0.1) is 29.3 Å². The number of aliphatic hydroxyl groups is 1. The monoisotopic (exact) mass is 747 g/mol. The van der Waals surface area contributed by atoms with E-state index < -0.39 is 11.4 Å². The van der Waals surface area contributed by atoms with Crippen molar-refractivity contribution in [1.29, 1.82) is 0 Å². The Bertz CT molecular complexity index is 2030. The molecule has 1 amide bonds. The van der Waals surface area contributed by atoms with Gasteiger partial charge in [0.25, 0.3) is 0 Å². The van der Waals surface area contributed by atoms with E-state index in [1.54, 1.807) is 19.2 Å². The number of carbonyl (C=O) groups is 1. The Hall–Kier alpha value is -3.97. The number of fused-ring (bicyclic) bond motifs is 5. The molecule has 3 aromatic carbocycles. The highest BCUT2D eigenvalue weighted by Crippen LogP contribution is 2.45. The van der Waals surface area contributed by atoms with Gasteiger partial charge < -0.3 is 29.0 Å². The van der Waals surface area contributed by atoms with Gasteiger partial charge in [0.2, 0.25) is 0 Å². The molecule has 5 heterocycles. The molecular weight excluding hydrogens is 701 g/mol. The highest BCUT2D eigenvalue weighted by Gasteiger charge is 2.50. The summed E-state index contributed by atoms with van der Waals surface area (Å²) in [6.45, 7) is 7.96. The van der Waals surface area contributed by atoms with E-state index >= 15 is 4.39 Å². The number of aromatic nitrogens is 2. The predicted octanol–water partition coefficient (Wildman–Crippen LogP) is 7.18. The van der Waals surface area contributed by atoms with Crippen LogP contribution in [0.4, 0.5) is 15.0 Å². The lowest BCUT2D eigenvalue weighted by Crippen LogP contribution is -2.57. The number of halogens is 2. The van der Waals surface area contributed by atoms with Crippen LogP contribution in [-0.4, -0.2) is 107 Å². The van der Waals surface area contributed by atoms with E-state index in [-0.39, 0.29) is 65.3 Å². The van der Waals surface area contributed by atoms with Crippen molar-refractivity contribution in [3.05, 3.63) is 53.3 Å². The largest absolute Gasteiger partial charge is 0.468 e. The molecule has 4 aliphatic heterocycles. The minimum Gasteiger partial charge on any atom is -0.468 e. The van der Waals surface area contributed by atoms with Crippen LogP contribution in [0.1, 0.15) is 59.3 Å². The summed E-state index contributed by atoms with van der Waals surface area (Å²) in [5.41, 5.74) is 0.0203. The average molecular weight is 748 g/mol. The van der Waals surface area contributed by atoms with E-state index in [9.17, 15) is 9.90 Å². The van der Waals surface area contributed by atoms with Crippen molar-refractivity contribution in [3.8, 4) is 22.9 Å². The first-order valence-electron chi connectivity index (χ1n) is 18.6. The lowest BCUT2D eigenvalue weighted by molar-refractivity contribution is 0.0122. The van der Waals surface area contributed by atoms with E-state index in [1.807, 2.05) is 56.0 Å². The standard InChI is InChI=1S/C40H47ClFN5O6/c1-39(2,3)53-38(49)47-25-10-11-26(47)20-45(19-25)36-31-18-32(41)33(30-17-28(52-23-50-4)16-24-8-5-6-9-29(24)30)34(42)35(31)43-37(44-36)51-22-40-13-7-15-46(40)27(21-48)12-14-40/h5-6,8-9,16-18,25-27,48H,7,10-15,19-23H2,1-4H3/t25?,26?,27-,40+/m1/s1. The number of hydrogen-bond acceptors (Lipinski definition) is 10. The van der Waals surface area contributed by atoms with Crippen molar-refractivity contribution in [2.24, 2.45) is 0 Å². The van der Waals surface area contributed by atoms with Crippen LogP contribution < -0.4 is 14.4 Å². The van der Waals surface area contributed by atoms with Gasteiger partial charge in [-0.15, -0.1) is 0 Å². The number of methoxy groups -OCH3 is 1. The maximum atomic E-state index is 17.4. The molecule has 1 N–H and O–H groups in total. The van der Waals surface area contributed by atoms with Crippen LogP contribution in [0.2, 0.25) is 5.02 Å². The molecule has 0 radical (unpaired) electrons. The van der Waals surface area contributed by atoms with Crippen LogP contribution >= 0.6 is 11.6 Å². The summed E-state index contributed by atoms with van der Waals surface area (Å²) in [7, 11) is 1.54. The van der Waals surface area contributed by atoms with E-state index in [0.29, 0.717) is 42.2 Å². The molecule has 4 aromatic rings. The normalized spacial score (nSPS) is 24.3. The Morgan fingerprint density at radius 2 is 1.81 bits per heavy atom. The second-order valence-electron chi connectivity index (χ2n) is 15.9. The molecule has 2 unspecified atom stereocenters. The molecule has 4 fully saturated rings. The molecule has 0 spiro atoms. The maximum Gasteiger partial charge on any atom is 0.410 e. The summed E-state index contributed by atoms with van der Waals surface area (Å²) in [5.74, 6) is 0.438. The zero-order valence-corrected chi connectivity index (χ0v) is 31.5. The highest BCUT2D eigenvalue weighted by molar-refractivity contribution is 6.35. The number of piperazine rings is 1. The summed E-state index contributed by atoms with van der Waals surface area (Å²) in [6.07, 6.45) is 5.09. The first-order chi connectivity index (χ1) is 25.5. The smallest absolute Gasteiger partial charge is 0.410 e. The van der Waals surface area contributed by atoms with E-state index in [1.165, 1.54) is 0 Å². The topological polar surface area (TPSA) is 110 Å². The SMILES string of the molecule is COCOc1cc(-c2c(Cl)cc3c(N4CC5CCC(C4)N5C(=O)OC(C)(C)C)nc(OC[C@@]45CCCN4[C@@H](CO)CC5)nc3c2F)c2ccccc2c1. The molecule has 4 aliphatic rings. The third-order valence-corrected chi connectivity index (χ3v) is 11.7. The van der Waals surface area contributed by atoms with Gasteiger partial charge in [0.15, 0.2) is 12.6 Å². The minimum absolute atomic E-state index is 0.0319. The van der Waals surface area contributed by atoms with Gasteiger partial charge in [-0.05, 0) is 100 Å². The molecule has 13 heteroatoms. The van der Waals surface area contributed by atoms with Crippen LogP contribution in [0.15, 0.2) is 42.5 Å². The average Bonchev–Trinajstić information content (AvgIpc) is 3.78. The summed E-state index contributed by atoms with van der Waals surface area (Å²) in [6, 6.07) is 13.1. The zero-order chi connectivity index (χ0) is 37.1. The van der Waals surface area contributed by atoms with Gasteiger partial charge in [0, 0.05) is 37.2 Å². The lowest BCUT2D eigenvalue weighted by Gasteiger charge is -2.42. The fourth-order valence-electron chi connectivity index (χ4n) is 9.11. The summed E-state index contributed by atoms with van der Waals surface area (Å²) >= 11 is 7.08. The predicted molar refractivity (Wildman–Crippen MR) is 201 cm³/mol. The third kappa shape index (κ3) is 6.62. The Labute approximate surface area is 313 Å². The van der Waals surface area contributed by atoms with Crippen molar-refractivity contribution in [2.75, 3.05) is 51.7 Å². The Morgan fingerprint density at radius 3 is 2.55 bits per heavy atom. The van der Waals surface area contributed by atoms with Crippen LogP contribution in [0.25, 0.3) is 32.8 Å². The van der Waals surface area contributed by atoms with Gasteiger partial charge >= 0.3 is 12.1 Å². The lowest BCUT2D eigenvalue weighted by atomic mass is 9.95. The molecule has 11 nitrogen and oxygen atoms in total. The van der Waals surface area contributed by atoms with Crippen molar-refractivity contribution in [1.82, 2.24) is 19.8 Å². The van der Waals surface area contributed by atoms with Gasteiger partial charge in [-0.2, -0.15) is 9.97 Å². The molecule has 53 heavy (non-hydrogen) atoms. The summed E-state index contributed by atoms with van der Waals surface area (Å²) in [4.78, 5) is 29.4. The molecule has 0 aliphatic carbocycles. The number of hydrogen-bond donors (Lipinski definition) is 1. The number of aliphatic hydroxyl groups excluding tert-OH is 1. The van der Waals surface area contributed by atoms with E-state index in [4.69, 9.17) is 40.5 Å². The Balaban J connectivity index is 1.22. The maximum absolute atomic E-state index is 17.4. The number of rotatable bonds is 9. The van der Waals surface area contributed by atoms with Crippen LogP contribution in [0.3, 0.4) is 0 Å². The van der Waals surface area contributed by atoms with Crippen molar-refractivity contribution in [2.45, 2.75) is 88.6 Å². The number of amides is 1. The fourth-order valence-corrected chi connectivity index (χ4v) is 9.40. The molecule has 2 bridgehead atoms. The second kappa shape index (κ2) is 14.0. The van der Waals surface area contributed by atoms with Crippen LogP contribution in [0, 0.1) is 5.82 Å². The first kappa shape index (κ1) is 36.0. The number of carbonyl (C=O) groups excluding carboxylic acids is 1. The molecular formula is C40H47ClFN5O6. The molecule has 4 atom stereocenters. The van der Waals surface area contributed by atoms with E-state index in [2.05, 4.69) is 9.80 Å². The van der Waals surface area contributed by atoms with Crippen molar-refractivity contribution < 1.29 is 33.2 Å². The number of anilines is 1. The fraction of sp³-hybridized carbons (Fsp3) is 0.525.